The highest BCUT2D eigenvalue weighted by atomic mass is 15.3. The van der Waals surface area contributed by atoms with Gasteiger partial charge < -0.3 is 9.88 Å². The number of hydrogen-bond acceptors (Lipinski definition) is 3. The second-order valence-electron chi connectivity index (χ2n) is 4.90. The van der Waals surface area contributed by atoms with Gasteiger partial charge in [0.05, 0.1) is 0 Å². The highest BCUT2D eigenvalue weighted by Gasteiger charge is 2.07. The van der Waals surface area contributed by atoms with Crippen LogP contribution in [0.15, 0.2) is 12.4 Å². The van der Waals surface area contributed by atoms with Crippen molar-refractivity contribution in [1.29, 1.82) is 0 Å². The van der Waals surface area contributed by atoms with Gasteiger partial charge in [-0.3, -0.25) is 4.68 Å². The van der Waals surface area contributed by atoms with E-state index in [1.165, 1.54) is 17.0 Å². The number of rotatable bonds is 6. The summed E-state index contributed by atoms with van der Waals surface area (Å²) in [4.78, 5) is 4.22. The molecule has 19 heavy (non-hydrogen) atoms. The summed E-state index contributed by atoms with van der Waals surface area (Å²) >= 11 is 0. The number of aryl methyl sites for hydroxylation is 2. The van der Waals surface area contributed by atoms with Crippen LogP contribution in [-0.4, -0.2) is 25.9 Å². The van der Waals surface area contributed by atoms with Crippen molar-refractivity contribution in [2.24, 2.45) is 7.05 Å². The first-order valence-electron chi connectivity index (χ1n) is 6.82. The summed E-state index contributed by atoms with van der Waals surface area (Å²) in [6.07, 6.45) is 2.61. The van der Waals surface area contributed by atoms with Gasteiger partial charge in [0.2, 0.25) is 0 Å². The summed E-state index contributed by atoms with van der Waals surface area (Å²) in [6.45, 7) is 9.39. The van der Waals surface area contributed by atoms with Crippen LogP contribution in [0.2, 0.25) is 0 Å². The molecule has 0 aliphatic carbocycles. The second-order valence-corrected chi connectivity index (χ2v) is 4.90. The first-order chi connectivity index (χ1) is 9.11. The van der Waals surface area contributed by atoms with Crippen LogP contribution in [0, 0.1) is 13.8 Å². The van der Waals surface area contributed by atoms with E-state index in [1.807, 2.05) is 7.05 Å². The minimum absolute atomic E-state index is 0.868. The van der Waals surface area contributed by atoms with Crippen LogP contribution in [0.25, 0.3) is 0 Å². The molecule has 0 unspecified atom stereocenters. The predicted molar refractivity (Wildman–Crippen MR) is 76.0 cm³/mol. The third-order valence-corrected chi connectivity index (χ3v) is 3.48. The Morgan fingerprint density at radius 3 is 2.68 bits per heavy atom. The Morgan fingerprint density at radius 2 is 2.11 bits per heavy atom. The molecule has 5 nitrogen and oxygen atoms in total. The van der Waals surface area contributed by atoms with E-state index in [0.717, 1.165) is 31.9 Å². The number of hydrogen-bond donors (Lipinski definition) is 1. The Labute approximate surface area is 114 Å². The van der Waals surface area contributed by atoms with Crippen LogP contribution in [-0.2, 0) is 26.6 Å². The molecular weight excluding hydrogens is 238 g/mol. The van der Waals surface area contributed by atoms with Crippen molar-refractivity contribution in [2.75, 3.05) is 6.54 Å². The van der Waals surface area contributed by atoms with Gasteiger partial charge in [0.25, 0.3) is 0 Å². The SMILES string of the molecule is CCn1c(C)cc(CNCCc2ncn(C)n2)c1C. The summed E-state index contributed by atoms with van der Waals surface area (Å²) in [6, 6.07) is 2.27. The lowest BCUT2D eigenvalue weighted by atomic mass is 10.2. The minimum Gasteiger partial charge on any atom is -0.349 e. The molecule has 0 aliphatic rings. The van der Waals surface area contributed by atoms with Crippen LogP contribution in [0.3, 0.4) is 0 Å². The lowest BCUT2D eigenvalue weighted by molar-refractivity contribution is 0.653. The molecular formula is C14H23N5. The molecule has 5 heteroatoms. The first-order valence-corrected chi connectivity index (χ1v) is 6.82. The Balaban J connectivity index is 1.83. The van der Waals surface area contributed by atoms with Crippen molar-refractivity contribution in [2.45, 2.75) is 40.3 Å². The van der Waals surface area contributed by atoms with Gasteiger partial charge in [-0.1, -0.05) is 0 Å². The van der Waals surface area contributed by atoms with Gasteiger partial charge in [-0.15, -0.1) is 0 Å². The topological polar surface area (TPSA) is 47.7 Å². The average Bonchev–Trinajstić information content (AvgIpc) is 2.90. The molecule has 0 atom stereocenters. The van der Waals surface area contributed by atoms with E-state index in [0.29, 0.717) is 0 Å². The van der Waals surface area contributed by atoms with Gasteiger partial charge in [0, 0.05) is 44.5 Å². The van der Waals surface area contributed by atoms with E-state index in [-0.39, 0.29) is 0 Å². The summed E-state index contributed by atoms with van der Waals surface area (Å²) < 4.78 is 4.08. The zero-order valence-corrected chi connectivity index (χ0v) is 12.3. The van der Waals surface area contributed by atoms with Gasteiger partial charge in [-0.25, -0.2) is 4.98 Å². The van der Waals surface area contributed by atoms with Crippen molar-refractivity contribution in [1.82, 2.24) is 24.6 Å². The molecule has 0 radical (unpaired) electrons. The number of aromatic nitrogens is 4. The maximum atomic E-state index is 4.27. The maximum absolute atomic E-state index is 4.27. The number of nitrogens with zero attached hydrogens (tertiary/aromatic N) is 4. The van der Waals surface area contributed by atoms with Crippen molar-refractivity contribution in [3.05, 3.63) is 35.2 Å². The Bertz CT molecular complexity index is 538. The lowest BCUT2D eigenvalue weighted by Gasteiger charge is -2.06. The normalized spacial score (nSPS) is 11.2. The smallest absolute Gasteiger partial charge is 0.151 e. The zero-order valence-electron chi connectivity index (χ0n) is 12.3. The van der Waals surface area contributed by atoms with Crippen molar-refractivity contribution in [3.63, 3.8) is 0 Å². The van der Waals surface area contributed by atoms with Crippen LogP contribution >= 0.6 is 0 Å². The van der Waals surface area contributed by atoms with Crippen LogP contribution in [0.4, 0.5) is 0 Å². The van der Waals surface area contributed by atoms with Gasteiger partial charge in [0.15, 0.2) is 5.82 Å². The predicted octanol–water partition coefficient (Wildman–Crippen LogP) is 1.59. The van der Waals surface area contributed by atoms with Gasteiger partial charge >= 0.3 is 0 Å². The fraction of sp³-hybridized carbons (Fsp3) is 0.571. The molecule has 0 bridgehead atoms. The molecule has 2 rings (SSSR count). The molecule has 0 amide bonds. The largest absolute Gasteiger partial charge is 0.349 e. The fourth-order valence-electron chi connectivity index (χ4n) is 2.46. The van der Waals surface area contributed by atoms with E-state index in [1.54, 1.807) is 11.0 Å². The van der Waals surface area contributed by atoms with Crippen molar-refractivity contribution >= 4 is 0 Å². The highest BCUT2D eigenvalue weighted by molar-refractivity contribution is 5.26. The van der Waals surface area contributed by atoms with E-state index < -0.39 is 0 Å². The first kappa shape index (κ1) is 13.8. The highest BCUT2D eigenvalue weighted by Crippen LogP contribution is 2.14. The third-order valence-electron chi connectivity index (χ3n) is 3.48. The molecule has 0 saturated carbocycles. The van der Waals surface area contributed by atoms with E-state index in [4.69, 9.17) is 0 Å². The van der Waals surface area contributed by atoms with Crippen molar-refractivity contribution in [3.8, 4) is 0 Å². The number of nitrogens with one attached hydrogen (secondary N) is 1. The fourth-order valence-corrected chi connectivity index (χ4v) is 2.46. The second kappa shape index (κ2) is 6.02. The molecule has 2 aromatic rings. The monoisotopic (exact) mass is 261 g/mol. The Morgan fingerprint density at radius 1 is 1.32 bits per heavy atom. The molecule has 0 spiro atoms. The van der Waals surface area contributed by atoms with Crippen LogP contribution in [0.1, 0.15) is 29.7 Å². The van der Waals surface area contributed by atoms with Gasteiger partial charge in [-0.2, -0.15) is 5.10 Å². The summed E-state index contributed by atoms with van der Waals surface area (Å²) in [7, 11) is 1.89. The zero-order chi connectivity index (χ0) is 13.8. The summed E-state index contributed by atoms with van der Waals surface area (Å²) in [5.74, 6) is 0.897. The maximum Gasteiger partial charge on any atom is 0.151 e. The molecule has 2 heterocycles. The van der Waals surface area contributed by atoms with E-state index in [2.05, 4.69) is 46.8 Å². The lowest BCUT2D eigenvalue weighted by Crippen LogP contribution is -2.17. The Kier molecular flexibility index (Phi) is 4.37. The van der Waals surface area contributed by atoms with E-state index in [9.17, 15) is 0 Å². The molecule has 2 aromatic heterocycles. The molecule has 0 aliphatic heterocycles. The Hall–Kier alpha value is -1.62. The van der Waals surface area contributed by atoms with Crippen molar-refractivity contribution < 1.29 is 0 Å². The molecule has 0 fully saturated rings. The molecule has 104 valence electrons. The van der Waals surface area contributed by atoms with Crippen LogP contribution in [0.5, 0.6) is 0 Å². The average molecular weight is 261 g/mol. The summed E-state index contributed by atoms with van der Waals surface area (Å²) in [5, 5.41) is 7.73. The summed E-state index contributed by atoms with van der Waals surface area (Å²) in [5.41, 5.74) is 4.08. The molecule has 1 N–H and O–H groups in total. The molecule has 0 aromatic carbocycles. The van der Waals surface area contributed by atoms with Crippen LogP contribution < -0.4 is 5.32 Å². The third kappa shape index (κ3) is 3.23. The van der Waals surface area contributed by atoms with Gasteiger partial charge in [0.1, 0.15) is 6.33 Å². The standard InChI is InChI=1S/C14H23N5/c1-5-19-11(2)8-13(12(19)3)9-15-7-6-14-16-10-18(4)17-14/h8,10,15H,5-7,9H2,1-4H3. The van der Waals surface area contributed by atoms with Gasteiger partial charge in [-0.05, 0) is 32.4 Å². The van der Waals surface area contributed by atoms with E-state index >= 15 is 0 Å². The minimum atomic E-state index is 0.868. The quantitative estimate of drug-likeness (QED) is 0.803. The molecule has 0 saturated heterocycles.